The summed E-state index contributed by atoms with van der Waals surface area (Å²) in [5.74, 6) is -0.769. The van der Waals surface area contributed by atoms with Crippen LogP contribution in [0.25, 0.3) is 0 Å². The molecule has 1 saturated carbocycles. The Labute approximate surface area is 325 Å². The van der Waals surface area contributed by atoms with Crippen LogP contribution in [0.5, 0.6) is 0 Å². The minimum atomic E-state index is -0.957. The lowest BCUT2D eigenvalue weighted by Gasteiger charge is -2.36. The third-order valence-electron chi connectivity index (χ3n) is 11.1. The standard InChI is InChI=1S/C42H72N4O8/c1-7-8-20-38(54-39(28-33-18-13-10-14-19-33)42(50)45-24-21-34(22-25-45)53-30-52-6)41(49)44-36(27-32-16-11-9-12-17-32)37(47)29-35(31(2)3)40(48)43-23-15-26-46(4,5)51/h10,13-14,18-19,31-32,34-39,47H,7-9,11-12,15-17,20-30H2,1-6H3,(H,43,48)(H,44,49)/t35-,36-,37-,38-,39-/m0/s1. The number of likely N-dealkylation sites (tertiary alicyclic amines) is 1. The van der Waals surface area contributed by atoms with Gasteiger partial charge in [0.15, 0.2) is 0 Å². The minimum Gasteiger partial charge on any atom is -0.633 e. The molecule has 1 aromatic rings. The molecule has 3 amide bonds. The molecular weight excluding hydrogens is 688 g/mol. The molecule has 0 radical (unpaired) electrons. The first kappa shape index (κ1) is 45.8. The average Bonchev–Trinajstić information content (AvgIpc) is 3.15. The summed E-state index contributed by atoms with van der Waals surface area (Å²) in [5, 5.41) is 30.0. The van der Waals surface area contributed by atoms with E-state index in [9.17, 15) is 24.7 Å². The number of carbonyl (C=O) groups excluding carboxylic acids is 3. The molecule has 2 aliphatic rings. The highest BCUT2D eigenvalue weighted by atomic mass is 16.7. The second kappa shape index (κ2) is 24.1. The van der Waals surface area contributed by atoms with Crippen LogP contribution in [-0.2, 0) is 35.0 Å². The quantitative estimate of drug-likeness (QED) is 0.0554. The van der Waals surface area contributed by atoms with Crippen molar-refractivity contribution in [1.82, 2.24) is 15.5 Å². The van der Waals surface area contributed by atoms with Crippen LogP contribution in [0.1, 0.15) is 110 Å². The molecule has 1 saturated heterocycles. The van der Waals surface area contributed by atoms with Crippen molar-refractivity contribution in [2.75, 3.05) is 54.2 Å². The number of nitrogens with zero attached hydrogens (tertiary/aromatic N) is 2. The number of nitrogens with one attached hydrogen (secondary N) is 2. The van der Waals surface area contributed by atoms with Crippen LogP contribution < -0.4 is 10.6 Å². The molecule has 54 heavy (non-hydrogen) atoms. The van der Waals surface area contributed by atoms with Crippen LogP contribution in [0.3, 0.4) is 0 Å². The van der Waals surface area contributed by atoms with E-state index in [0.29, 0.717) is 70.6 Å². The zero-order valence-corrected chi connectivity index (χ0v) is 34.1. The number of piperidine rings is 1. The van der Waals surface area contributed by atoms with Gasteiger partial charge in [0, 0.05) is 45.5 Å². The molecule has 3 N–H and O–H groups in total. The first-order valence-electron chi connectivity index (χ1n) is 20.7. The number of aliphatic hydroxyl groups is 1. The predicted molar refractivity (Wildman–Crippen MR) is 211 cm³/mol. The SMILES string of the molecule is CCCC[C@H](O[C@@H](Cc1ccccc1)C(=O)N1CCC(OCOC)CC1)C(=O)N[C@@H](CC1CCCCC1)[C@@H](O)C[C@H](C(=O)NCCC[N+](C)(C)[O-])C(C)C. The van der Waals surface area contributed by atoms with E-state index in [1.165, 1.54) is 6.42 Å². The third kappa shape index (κ3) is 16.6. The van der Waals surface area contributed by atoms with Crippen molar-refractivity contribution in [2.24, 2.45) is 17.8 Å². The van der Waals surface area contributed by atoms with E-state index < -0.39 is 34.9 Å². The Bertz CT molecular complexity index is 1210. The number of unbranched alkanes of at least 4 members (excludes halogenated alkanes) is 1. The second-order valence-electron chi connectivity index (χ2n) is 16.5. The maximum atomic E-state index is 14.3. The largest absolute Gasteiger partial charge is 0.633 e. The van der Waals surface area contributed by atoms with Crippen molar-refractivity contribution in [1.29, 1.82) is 0 Å². The van der Waals surface area contributed by atoms with Gasteiger partial charge in [-0.3, -0.25) is 14.4 Å². The Hall–Kier alpha value is -2.61. The Balaban J connectivity index is 1.79. The molecule has 1 aliphatic carbocycles. The summed E-state index contributed by atoms with van der Waals surface area (Å²) in [6.07, 6.45) is 7.95. The van der Waals surface area contributed by atoms with Crippen molar-refractivity contribution in [3.8, 4) is 0 Å². The van der Waals surface area contributed by atoms with E-state index in [4.69, 9.17) is 14.2 Å². The first-order valence-corrected chi connectivity index (χ1v) is 20.7. The Morgan fingerprint density at radius 2 is 1.67 bits per heavy atom. The lowest BCUT2D eigenvalue weighted by atomic mass is 9.81. The molecule has 12 nitrogen and oxygen atoms in total. The van der Waals surface area contributed by atoms with Crippen molar-refractivity contribution in [2.45, 2.75) is 141 Å². The topological polar surface area (TPSA) is 149 Å². The summed E-state index contributed by atoms with van der Waals surface area (Å²) in [5.41, 5.74) is 0.947. The van der Waals surface area contributed by atoms with Crippen LogP contribution in [0.2, 0.25) is 0 Å². The Kier molecular flexibility index (Phi) is 20.4. The van der Waals surface area contributed by atoms with Crippen LogP contribution in [0, 0.1) is 23.0 Å². The lowest BCUT2D eigenvalue weighted by Crippen LogP contribution is -2.52. The van der Waals surface area contributed by atoms with Gasteiger partial charge < -0.3 is 44.7 Å². The molecule has 0 unspecified atom stereocenters. The van der Waals surface area contributed by atoms with Gasteiger partial charge in [0.05, 0.1) is 38.9 Å². The monoisotopic (exact) mass is 761 g/mol. The molecular formula is C42H72N4O8. The molecule has 2 fully saturated rings. The summed E-state index contributed by atoms with van der Waals surface area (Å²) in [6, 6.07) is 9.17. The van der Waals surface area contributed by atoms with E-state index in [1.807, 2.05) is 49.1 Å². The maximum Gasteiger partial charge on any atom is 0.252 e. The number of quaternary nitrogens is 1. The minimum absolute atomic E-state index is 0.0232. The zero-order chi connectivity index (χ0) is 39.5. The van der Waals surface area contributed by atoms with Gasteiger partial charge in [-0.05, 0) is 49.5 Å². The number of carbonyl (C=O) groups is 3. The van der Waals surface area contributed by atoms with Gasteiger partial charge in [-0.1, -0.05) is 96.0 Å². The highest BCUT2D eigenvalue weighted by Gasteiger charge is 2.36. The highest BCUT2D eigenvalue weighted by Crippen LogP contribution is 2.30. The van der Waals surface area contributed by atoms with E-state index in [-0.39, 0.29) is 43.0 Å². The van der Waals surface area contributed by atoms with Crippen molar-refractivity contribution < 1.29 is 38.3 Å². The summed E-state index contributed by atoms with van der Waals surface area (Å²) in [6.45, 7) is 8.07. The number of hydrogen-bond acceptors (Lipinski definition) is 8. The molecule has 308 valence electrons. The number of hydrogen-bond donors (Lipinski definition) is 3. The first-order chi connectivity index (χ1) is 25.8. The van der Waals surface area contributed by atoms with E-state index in [2.05, 4.69) is 17.6 Å². The lowest BCUT2D eigenvalue weighted by molar-refractivity contribution is -0.840. The fraction of sp³-hybridized carbons (Fsp3) is 0.786. The average molecular weight is 761 g/mol. The maximum absolute atomic E-state index is 14.3. The van der Waals surface area contributed by atoms with Gasteiger partial charge in [0.1, 0.15) is 19.0 Å². The summed E-state index contributed by atoms with van der Waals surface area (Å²) < 4.78 is 17.0. The van der Waals surface area contributed by atoms with Gasteiger partial charge in [-0.25, -0.2) is 0 Å². The predicted octanol–water partition coefficient (Wildman–Crippen LogP) is 5.34. The fourth-order valence-corrected chi connectivity index (χ4v) is 7.76. The van der Waals surface area contributed by atoms with Gasteiger partial charge in [0.25, 0.3) is 5.91 Å². The number of ether oxygens (including phenoxy) is 3. The van der Waals surface area contributed by atoms with E-state index >= 15 is 0 Å². The molecule has 1 heterocycles. The molecule has 12 heteroatoms. The van der Waals surface area contributed by atoms with Gasteiger partial charge in [-0.15, -0.1) is 0 Å². The molecule has 0 bridgehead atoms. The molecule has 0 aromatic heterocycles. The summed E-state index contributed by atoms with van der Waals surface area (Å²) >= 11 is 0. The number of methoxy groups -OCH3 is 1. The summed E-state index contributed by atoms with van der Waals surface area (Å²) in [4.78, 5) is 43.7. The van der Waals surface area contributed by atoms with Crippen molar-refractivity contribution >= 4 is 17.7 Å². The van der Waals surface area contributed by atoms with E-state index in [1.54, 1.807) is 21.2 Å². The number of amides is 3. The number of aliphatic hydroxyl groups excluding tert-OH is 1. The van der Waals surface area contributed by atoms with Gasteiger partial charge in [-0.2, -0.15) is 0 Å². The Morgan fingerprint density at radius 3 is 2.28 bits per heavy atom. The summed E-state index contributed by atoms with van der Waals surface area (Å²) in [7, 11) is 4.76. The number of benzene rings is 1. The normalized spacial score (nSPS) is 18.9. The molecule has 3 rings (SSSR count). The number of hydroxylamine groups is 3. The zero-order valence-electron chi connectivity index (χ0n) is 34.1. The van der Waals surface area contributed by atoms with Crippen molar-refractivity contribution in [3.63, 3.8) is 0 Å². The number of rotatable bonds is 24. The van der Waals surface area contributed by atoms with Crippen molar-refractivity contribution in [3.05, 3.63) is 41.1 Å². The van der Waals surface area contributed by atoms with Gasteiger partial charge in [0.2, 0.25) is 11.8 Å². The Morgan fingerprint density at radius 1 is 0.981 bits per heavy atom. The van der Waals surface area contributed by atoms with Crippen LogP contribution in [-0.4, -0.2) is 117 Å². The highest BCUT2D eigenvalue weighted by molar-refractivity contribution is 5.84. The fourth-order valence-electron chi connectivity index (χ4n) is 7.76. The molecule has 1 aromatic carbocycles. The van der Waals surface area contributed by atoms with Crippen LogP contribution in [0.4, 0.5) is 0 Å². The van der Waals surface area contributed by atoms with Crippen LogP contribution >= 0.6 is 0 Å². The van der Waals surface area contributed by atoms with E-state index in [0.717, 1.165) is 44.1 Å². The third-order valence-corrected chi connectivity index (χ3v) is 11.1. The van der Waals surface area contributed by atoms with Crippen LogP contribution in [0.15, 0.2) is 30.3 Å². The van der Waals surface area contributed by atoms with Gasteiger partial charge >= 0.3 is 0 Å². The molecule has 0 spiro atoms. The second-order valence-corrected chi connectivity index (χ2v) is 16.5. The smallest absolute Gasteiger partial charge is 0.252 e. The molecule has 5 atom stereocenters. The molecule has 1 aliphatic heterocycles.